The fraction of sp³-hybridized carbons (Fsp3) is 0.353. The van der Waals surface area contributed by atoms with Gasteiger partial charge in [0.15, 0.2) is 0 Å². The molecule has 0 aliphatic heterocycles. The van der Waals surface area contributed by atoms with Gasteiger partial charge in [-0.25, -0.2) is 8.78 Å². The third-order valence-corrected chi connectivity index (χ3v) is 3.37. The minimum Gasteiger partial charge on any atom is -0.390 e. The van der Waals surface area contributed by atoms with Crippen LogP contribution in [0.25, 0.3) is 0 Å². The summed E-state index contributed by atoms with van der Waals surface area (Å²) in [5.41, 5.74) is -0.982. The Hall–Kier alpha value is -2.06. The van der Waals surface area contributed by atoms with Crippen molar-refractivity contribution in [1.82, 2.24) is 4.98 Å². The number of ether oxygens (including phenoxy) is 1. The zero-order chi connectivity index (χ0) is 18.7. The fourth-order valence-corrected chi connectivity index (χ4v) is 2.16. The molecule has 0 bridgehead atoms. The summed E-state index contributed by atoms with van der Waals surface area (Å²) in [6.45, 7) is -0.0200. The van der Waals surface area contributed by atoms with E-state index in [1.807, 2.05) is 0 Å². The number of alkyl halides is 5. The van der Waals surface area contributed by atoms with Crippen LogP contribution in [-0.2, 0) is 36.7 Å². The van der Waals surface area contributed by atoms with Gasteiger partial charge >= 0.3 is 6.18 Å². The van der Waals surface area contributed by atoms with Gasteiger partial charge in [-0.1, -0.05) is 6.07 Å². The Morgan fingerprint density at radius 3 is 2.20 bits per heavy atom. The van der Waals surface area contributed by atoms with Crippen LogP contribution in [0.15, 0.2) is 36.4 Å². The first kappa shape index (κ1) is 19.3. The first-order valence-corrected chi connectivity index (χ1v) is 7.32. The number of aliphatic hydroxyl groups excluding tert-OH is 1. The average molecular weight is 361 g/mol. The Bertz CT molecular complexity index is 693. The Kier molecular flexibility index (Phi) is 5.74. The number of hydrogen-bond acceptors (Lipinski definition) is 3. The molecule has 1 aromatic carbocycles. The summed E-state index contributed by atoms with van der Waals surface area (Å²) >= 11 is 0. The second-order valence-electron chi connectivity index (χ2n) is 5.58. The Morgan fingerprint density at radius 1 is 0.960 bits per heavy atom. The first-order chi connectivity index (χ1) is 11.6. The number of hydrogen-bond donors (Lipinski definition) is 1. The third-order valence-electron chi connectivity index (χ3n) is 3.37. The number of halogens is 5. The van der Waals surface area contributed by atoms with Gasteiger partial charge in [0.25, 0.3) is 5.92 Å². The number of rotatable bonds is 6. The van der Waals surface area contributed by atoms with Crippen molar-refractivity contribution in [3.05, 3.63) is 64.5 Å². The molecule has 1 heterocycles. The summed E-state index contributed by atoms with van der Waals surface area (Å²) in [6, 6.07) is 7.09. The molecule has 0 spiro atoms. The van der Waals surface area contributed by atoms with Crippen molar-refractivity contribution in [2.24, 2.45) is 0 Å². The molecule has 2 aromatic rings. The zero-order valence-corrected chi connectivity index (χ0v) is 13.3. The van der Waals surface area contributed by atoms with Crippen molar-refractivity contribution in [2.45, 2.75) is 38.8 Å². The number of aliphatic hydroxyl groups is 1. The SMILES string of the molecule is CC(F)(F)c1cc(COCc2cccc(CO)n2)cc(C(F)(F)F)c1. The van der Waals surface area contributed by atoms with E-state index in [2.05, 4.69) is 4.98 Å². The molecular weight excluding hydrogens is 345 g/mol. The molecule has 0 aliphatic carbocycles. The molecule has 136 valence electrons. The van der Waals surface area contributed by atoms with E-state index in [-0.39, 0.29) is 25.4 Å². The molecule has 1 aromatic heterocycles. The highest BCUT2D eigenvalue weighted by Crippen LogP contribution is 2.35. The maximum atomic E-state index is 13.4. The largest absolute Gasteiger partial charge is 0.416 e. The van der Waals surface area contributed by atoms with Crippen LogP contribution in [0.3, 0.4) is 0 Å². The van der Waals surface area contributed by atoms with Gasteiger partial charge in [-0.05, 0) is 35.9 Å². The van der Waals surface area contributed by atoms with E-state index in [1.54, 1.807) is 18.2 Å². The highest BCUT2D eigenvalue weighted by atomic mass is 19.4. The standard InChI is InChI=1S/C17H16F5NO2/c1-16(18,19)12-5-11(6-13(7-12)17(20,21)22)9-25-10-15-4-2-3-14(8-24)23-15/h2-7,24H,8-10H2,1H3. The molecule has 0 amide bonds. The Balaban J connectivity index is 2.15. The summed E-state index contributed by atoms with van der Waals surface area (Å²) in [5, 5.41) is 9.00. The van der Waals surface area contributed by atoms with Gasteiger partial charge in [0, 0.05) is 12.5 Å². The molecular formula is C17H16F5NO2. The first-order valence-electron chi connectivity index (χ1n) is 7.32. The fourth-order valence-electron chi connectivity index (χ4n) is 2.16. The molecule has 2 rings (SSSR count). The molecule has 0 fully saturated rings. The van der Waals surface area contributed by atoms with Gasteiger partial charge in [0.05, 0.1) is 36.8 Å². The van der Waals surface area contributed by atoms with Crippen molar-refractivity contribution >= 4 is 0 Å². The molecule has 25 heavy (non-hydrogen) atoms. The van der Waals surface area contributed by atoms with Gasteiger partial charge in [0.1, 0.15) is 0 Å². The van der Waals surface area contributed by atoms with Crippen LogP contribution < -0.4 is 0 Å². The van der Waals surface area contributed by atoms with E-state index < -0.39 is 23.2 Å². The molecule has 0 radical (unpaired) electrons. The lowest BCUT2D eigenvalue weighted by Gasteiger charge is -2.16. The summed E-state index contributed by atoms with van der Waals surface area (Å²) in [5.74, 6) is -3.40. The van der Waals surface area contributed by atoms with E-state index in [1.165, 1.54) is 0 Å². The van der Waals surface area contributed by atoms with E-state index in [4.69, 9.17) is 9.84 Å². The summed E-state index contributed by atoms with van der Waals surface area (Å²) in [6.07, 6.45) is -4.73. The minimum atomic E-state index is -4.73. The maximum Gasteiger partial charge on any atom is 0.416 e. The molecule has 8 heteroatoms. The van der Waals surface area contributed by atoms with Crippen LogP contribution in [0.5, 0.6) is 0 Å². The number of aromatic nitrogens is 1. The van der Waals surface area contributed by atoms with Crippen LogP contribution in [0.4, 0.5) is 22.0 Å². The monoisotopic (exact) mass is 361 g/mol. The smallest absolute Gasteiger partial charge is 0.390 e. The van der Waals surface area contributed by atoms with Gasteiger partial charge < -0.3 is 9.84 Å². The quantitative estimate of drug-likeness (QED) is 0.775. The van der Waals surface area contributed by atoms with Crippen molar-refractivity contribution in [3.8, 4) is 0 Å². The lowest BCUT2D eigenvalue weighted by Crippen LogP contribution is -2.13. The van der Waals surface area contributed by atoms with Crippen LogP contribution in [0.2, 0.25) is 0 Å². The predicted molar refractivity (Wildman–Crippen MR) is 79.7 cm³/mol. The maximum absolute atomic E-state index is 13.4. The third kappa shape index (κ3) is 5.47. The average Bonchev–Trinajstić information content (AvgIpc) is 2.53. The van der Waals surface area contributed by atoms with Gasteiger partial charge in [-0.15, -0.1) is 0 Å². The number of pyridine rings is 1. The normalized spacial score (nSPS) is 12.4. The summed E-state index contributed by atoms with van der Waals surface area (Å²) in [7, 11) is 0. The highest BCUT2D eigenvalue weighted by Gasteiger charge is 2.34. The van der Waals surface area contributed by atoms with E-state index >= 15 is 0 Å². The van der Waals surface area contributed by atoms with E-state index in [0.29, 0.717) is 24.4 Å². The van der Waals surface area contributed by atoms with Crippen LogP contribution in [0.1, 0.15) is 35.0 Å². The second kappa shape index (κ2) is 7.45. The molecule has 0 saturated heterocycles. The summed E-state index contributed by atoms with van der Waals surface area (Å²) < 4.78 is 70.8. The van der Waals surface area contributed by atoms with Crippen LogP contribution >= 0.6 is 0 Å². The molecule has 3 nitrogen and oxygen atoms in total. The van der Waals surface area contributed by atoms with Crippen molar-refractivity contribution < 1.29 is 31.8 Å². The van der Waals surface area contributed by atoms with Crippen molar-refractivity contribution in [1.29, 1.82) is 0 Å². The predicted octanol–water partition coefficient (Wildman–Crippen LogP) is 4.42. The molecule has 0 saturated carbocycles. The van der Waals surface area contributed by atoms with Gasteiger partial charge in [-0.2, -0.15) is 13.2 Å². The summed E-state index contributed by atoms with van der Waals surface area (Å²) in [4.78, 5) is 4.06. The van der Waals surface area contributed by atoms with Crippen molar-refractivity contribution in [2.75, 3.05) is 0 Å². The lowest BCUT2D eigenvalue weighted by molar-refractivity contribution is -0.137. The molecule has 0 aliphatic rings. The molecule has 1 N–H and O–H groups in total. The van der Waals surface area contributed by atoms with Gasteiger partial charge in [-0.3, -0.25) is 4.98 Å². The van der Waals surface area contributed by atoms with Crippen LogP contribution in [0, 0.1) is 0 Å². The highest BCUT2D eigenvalue weighted by molar-refractivity contribution is 5.34. The molecule has 0 atom stereocenters. The molecule has 0 unspecified atom stereocenters. The number of benzene rings is 1. The van der Waals surface area contributed by atoms with E-state index in [0.717, 1.165) is 12.1 Å². The zero-order valence-electron chi connectivity index (χ0n) is 13.3. The Morgan fingerprint density at radius 2 is 1.60 bits per heavy atom. The second-order valence-corrected chi connectivity index (χ2v) is 5.58. The Labute approximate surface area is 141 Å². The van der Waals surface area contributed by atoms with Crippen LogP contribution in [-0.4, -0.2) is 10.1 Å². The lowest BCUT2D eigenvalue weighted by atomic mass is 10.0. The minimum absolute atomic E-state index is 0.00957. The van der Waals surface area contributed by atoms with Crippen molar-refractivity contribution in [3.63, 3.8) is 0 Å². The van der Waals surface area contributed by atoms with Gasteiger partial charge in [0.2, 0.25) is 0 Å². The van der Waals surface area contributed by atoms with E-state index in [9.17, 15) is 22.0 Å². The topological polar surface area (TPSA) is 42.4 Å². The number of nitrogens with zero attached hydrogens (tertiary/aromatic N) is 1.